The topological polar surface area (TPSA) is 60.4 Å². The monoisotopic (exact) mass is 846 g/mol. The average molecular weight is 847 g/mol. The SMILES string of the molecule is O=c1c2cc(-c3cc(-c4ccccc4)cc(-c4ccccc4)c3)ccc2oc2cccc(-c3cccc4oc5ccc(-c6cc(-c7ccccc7)cc(-c7ccccc7)c6)cc5c(=O)c34)c12. The molecule has 12 aromatic rings. The van der Waals surface area contributed by atoms with Crippen LogP contribution in [-0.2, 0) is 0 Å². The van der Waals surface area contributed by atoms with E-state index in [1.165, 1.54) is 0 Å². The first-order chi connectivity index (χ1) is 32.5. The maximum atomic E-state index is 15.0. The molecule has 4 nitrogen and oxygen atoms in total. The molecule has 0 saturated heterocycles. The van der Waals surface area contributed by atoms with Gasteiger partial charge >= 0.3 is 0 Å². The highest BCUT2D eigenvalue weighted by molar-refractivity contribution is 6.07. The van der Waals surface area contributed by atoms with E-state index in [-0.39, 0.29) is 10.9 Å². The summed E-state index contributed by atoms with van der Waals surface area (Å²) in [6, 6.07) is 77.2. The number of rotatable bonds is 7. The molecule has 2 aromatic heterocycles. The predicted octanol–water partition coefficient (Wildman–Crippen LogP) is 15.9. The van der Waals surface area contributed by atoms with E-state index in [1.807, 2.05) is 146 Å². The van der Waals surface area contributed by atoms with E-state index in [4.69, 9.17) is 8.83 Å². The number of benzene rings is 10. The molecule has 0 fully saturated rings. The van der Waals surface area contributed by atoms with Crippen molar-refractivity contribution in [2.75, 3.05) is 0 Å². The molecule has 10 aromatic carbocycles. The van der Waals surface area contributed by atoms with Crippen LogP contribution >= 0.6 is 0 Å². The van der Waals surface area contributed by atoms with E-state index >= 15 is 0 Å². The summed E-state index contributed by atoms with van der Waals surface area (Å²) in [4.78, 5) is 30.0. The second kappa shape index (κ2) is 16.0. The molecule has 0 aliphatic heterocycles. The van der Waals surface area contributed by atoms with Gasteiger partial charge in [0, 0.05) is 0 Å². The maximum absolute atomic E-state index is 15.0. The molecule has 12 rings (SSSR count). The first-order valence-electron chi connectivity index (χ1n) is 22.0. The molecule has 4 heteroatoms. The number of hydrogen-bond acceptors (Lipinski definition) is 4. The molecule has 0 amide bonds. The van der Waals surface area contributed by atoms with Crippen molar-refractivity contribution in [3.8, 4) is 77.9 Å². The van der Waals surface area contributed by atoms with Gasteiger partial charge in [-0.1, -0.05) is 158 Å². The van der Waals surface area contributed by atoms with Crippen LogP contribution in [-0.4, -0.2) is 0 Å². The third-order valence-corrected chi connectivity index (χ3v) is 12.6. The Bertz CT molecular complexity index is 3570. The fourth-order valence-corrected chi connectivity index (χ4v) is 9.39. The minimum absolute atomic E-state index is 0.178. The van der Waals surface area contributed by atoms with E-state index in [0.717, 1.165) is 66.8 Å². The number of fused-ring (bicyclic) bond motifs is 4. The van der Waals surface area contributed by atoms with Crippen LogP contribution in [0.3, 0.4) is 0 Å². The summed E-state index contributed by atoms with van der Waals surface area (Å²) in [5, 5.41) is 1.71. The Balaban J connectivity index is 1.01. The van der Waals surface area contributed by atoms with Gasteiger partial charge in [-0.25, -0.2) is 0 Å². The molecule has 0 radical (unpaired) electrons. The van der Waals surface area contributed by atoms with Crippen LogP contribution in [0.5, 0.6) is 0 Å². The lowest BCUT2D eigenvalue weighted by molar-refractivity contribution is 0.659. The molecule has 0 spiro atoms. The zero-order valence-corrected chi connectivity index (χ0v) is 35.6. The van der Waals surface area contributed by atoms with Gasteiger partial charge in [-0.2, -0.15) is 0 Å². The average Bonchev–Trinajstić information content (AvgIpc) is 3.39. The summed E-state index contributed by atoms with van der Waals surface area (Å²) in [5.74, 6) is 0. The van der Waals surface area contributed by atoms with Crippen LogP contribution in [0.15, 0.2) is 249 Å². The predicted molar refractivity (Wildman–Crippen MR) is 272 cm³/mol. The van der Waals surface area contributed by atoms with Gasteiger partial charge in [-0.15, -0.1) is 0 Å². The van der Waals surface area contributed by atoms with Gasteiger partial charge in [0.15, 0.2) is 0 Å². The Morgan fingerprint density at radius 1 is 0.227 bits per heavy atom. The van der Waals surface area contributed by atoms with Crippen LogP contribution in [0.4, 0.5) is 0 Å². The summed E-state index contributed by atoms with van der Waals surface area (Å²) in [6.07, 6.45) is 0. The first-order valence-corrected chi connectivity index (χ1v) is 22.0. The largest absolute Gasteiger partial charge is 0.456 e. The van der Waals surface area contributed by atoms with Crippen molar-refractivity contribution in [2.45, 2.75) is 0 Å². The lowest BCUT2D eigenvalue weighted by Crippen LogP contribution is -2.07. The first kappa shape index (κ1) is 38.8. The Labute approximate surface area is 379 Å². The minimum atomic E-state index is -0.178. The van der Waals surface area contributed by atoms with Crippen molar-refractivity contribution in [3.05, 3.63) is 251 Å². The van der Waals surface area contributed by atoms with E-state index in [0.29, 0.717) is 55.0 Å². The molecule has 66 heavy (non-hydrogen) atoms. The third kappa shape index (κ3) is 6.89. The normalized spacial score (nSPS) is 11.5. The fourth-order valence-electron chi connectivity index (χ4n) is 9.39. The van der Waals surface area contributed by atoms with Gasteiger partial charge in [0.05, 0.1) is 21.5 Å². The zero-order chi connectivity index (χ0) is 44.1. The maximum Gasteiger partial charge on any atom is 0.201 e. The second-order valence-corrected chi connectivity index (χ2v) is 16.7. The zero-order valence-electron chi connectivity index (χ0n) is 35.6. The lowest BCUT2D eigenvalue weighted by atomic mass is 9.92. The molecule has 0 atom stereocenters. The summed E-state index contributed by atoms with van der Waals surface area (Å²) >= 11 is 0. The highest BCUT2D eigenvalue weighted by Crippen LogP contribution is 2.38. The van der Waals surface area contributed by atoms with Crippen molar-refractivity contribution in [2.24, 2.45) is 0 Å². The summed E-state index contributed by atoms with van der Waals surface area (Å²) in [5.41, 5.74) is 15.1. The van der Waals surface area contributed by atoms with E-state index in [2.05, 4.69) is 84.9 Å². The molecule has 0 N–H and O–H groups in total. The van der Waals surface area contributed by atoms with Crippen LogP contribution in [0.2, 0.25) is 0 Å². The van der Waals surface area contributed by atoms with Gasteiger partial charge in [0.1, 0.15) is 22.3 Å². The Kier molecular flexibility index (Phi) is 9.43. The molecular weight excluding hydrogens is 809 g/mol. The van der Waals surface area contributed by atoms with Gasteiger partial charge in [-0.05, 0) is 151 Å². The number of hydrogen-bond donors (Lipinski definition) is 0. The van der Waals surface area contributed by atoms with Crippen molar-refractivity contribution < 1.29 is 8.83 Å². The standard InChI is InChI=1S/C62H38O4/c63-61-53-37-43(49-33-45(39-15-5-1-6-16-39)31-46(34-49)40-17-7-2-8-18-40)27-29-55(53)65-57-25-13-23-51(59(57)61)52-24-14-26-58-60(52)62(64)54-38-44(28-30-56(54)66-58)50-35-47(41-19-9-3-10-20-41)32-48(36-50)42-21-11-4-12-22-42/h1-38H. The molecule has 0 aliphatic rings. The molecule has 310 valence electrons. The molecule has 0 bridgehead atoms. The van der Waals surface area contributed by atoms with Crippen molar-refractivity contribution >= 4 is 43.9 Å². The Morgan fingerprint density at radius 3 is 0.848 bits per heavy atom. The molecule has 0 saturated carbocycles. The van der Waals surface area contributed by atoms with E-state index in [1.54, 1.807) is 0 Å². The summed E-state index contributed by atoms with van der Waals surface area (Å²) < 4.78 is 13.0. The van der Waals surface area contributed by atoms with Crippen molar-refractivity contribution in [3.63, 3.8) is 0 Å². The summed E-state index contributed by atoms with van der Waals surface area (Å²) in [6.45, 7) is 0. The fraction of sp³-hybridized carbons (Fsp3) is 0. The van der Waals surface area contributed by atoms with Gasteiger partial charge in [0.2, 0.25) is 10.9 Å². The Hall–Kier alpha value is -8.86. The van der Waals surface area contributed by atoms with E-state index in [9.17, 15) is 9.59 Å². The molecule has 2 heterocycles. The van der Waals surface area contributed by atoms with Crippen molar-refractivity contribution in [1.82, 2.24) is 0 Å². The lowest BCUT2D eigenvalue weighted by Gasteiger charge is -2.13. The van der Waals surface area contributed by atoms with Gasteiger partial charge in [0.25, 0.3) is 0 Å². The van der Waals surface area contributed by atoms with Gasteiger partial charge in [-0.3, -0.25) is 9.59 Å². The second-order valence-electron chi connectivity index (χ2n) is 16.7. The summed E-state index contributed by atoms with van der Waals surface area (Å²) in [7, 11) is 0. The quantitative estimate of drug-likeness (QED) is 0.150. The van der Waals surface area contributed by atoms with Crippen LogP contribution in [0.25, 0.3) is 122 Å². The third-order valence-electron chi connectivity index (χ3n) is 12.6. The van der Waals surface area contributed by atoms with E-state index < -0.39 is 0 Å². The molecule has 0 aliphatic carbocycles. The van der Waals surface area contributed by atoms with Crippen molar-refractivity contribution in [1.29, 1.82) is 0 Å². The highest BCUT2D eigenvalue weighted by Gasteiger charge is 2.20. The van der Waals surface area contributed by atoms with Crippen LogP contribution < -0.4 is 10.9 Å². The Morgan fingerprint density at radius 2 is 0.530 bits per heavy atom. The minimum Gasteiger partial charge on any atom is -0.456 e. The smallest absolute Gasteiger partial charge is 0.201 e. The van der Waals surface area contributed by atoms with Crippen LogP contribution in [0.1, 0.15) is 0 Å². The molecule has 0 unspecified atom stereocenters. The molecular formula is C62H38O4. The van der Waals surface area contributed by atoms with Crippen LogP contribution in [0, 0.1) is 0 Å². The highest BCUT2D eigenvalue weighted by atomic mass is 16.3. The van der Waals surface area contributed by atoms with Gasteiger partial charge < -0.3 is 8.83 Å².